The second-order valence-corrected chi connectivity index (χ2v) is 7.77. The van der Waals surface area contributed by atoms with Crippen molar-refractivity contribution in [2.45, 2.75) is 25.3 Å². The first-order valence-corrected chi connectivity index (χ1v) is 9.90. The molecule has 4 nitrogen and oxygen atoms in total. The zero-order valence-electron chi connectivity index (χ0n) is 13.7. The van der Waals surface area contributed by atoms with E-state index in [4.69, 9.17) is 27.9 Å². The van der Waals surface area contributed by atoms with Gasteiger partial charge in [-0.15, -0.1) is 11.3 Å². The van der Waals surface area contributed by atoms with Crippen LogP contribution in [0.1, 0.15) is 17.7 Å². The molecule has 2 aromatic rings. The topological polar surface area (TPSA) is 41.6 Å². The van der Waals surface area contributed by atoms with Gasteiger partial charge in [0, 0.05) is 36.4 Å². The van der Waals surface area contributed by atoms with Crippen LogP contribution in [-0.2, 0) is 11.2 Å². The summed E-state index contributed by atoms with van der Waals surface area (Å²) in [6, 6.07) is 9.33. The molecule has 0 bridgehead atoms. The molecule has 2 heterocycles. The Balaban J connectivity index is 1.69. The third kappa shape index (κ3) is 5.11. The van der Waals surface area contributed by atoms with Gasteiger partial charge in [0.05, 0.1) is 10.0 Å². The molecule has 0 aliphatic carbocycles. The van der Waals surface area contributed by atoms with Crippen LogP contribution in [0, 0.1) is 0 Å². The Morgan fingerprint density at radius 2 is 2.04 bits per heavy atom. The number of hydrogen-bond donors (Lipinski definition) is 1. The summed E-state index contributed by atoms with van der Waals surface area (Å²) in [6.45, 7) is 2.07. The Labute approximate surface area is 161 Å². The second-order valence-electron chi connectivity index (χ2n) is 5.93. The number of benzene rings is 1. The fourth-order valence-corrected chi connectivity index (χ4v) is 3.90. The maximum absolute atomic E-state index is 12.9. The van der Waals surface area contributed by atoms with Gasteiger partial charge < -0.3 is 15.0 Å². The monoisotopic (exact) mass is 398 g/mol. The molecule has 3 rings (SSSR count). The molecule has 7 heteroatoms. The molecule has 1 fully saturated rings. The molecule has 0 spiro atoms. The number of carbonyl (C=O) groups is 1. The van der Waals surface area contributed by atoms with Crippen molar-refractivity contribution in [1.29, 1.82) is 0 Å². The van der Waals surface area contributed by atoms with Crippen molar-refractivity contribution < 1.29 is 9.53 Å². The first-order chi connectivity index (χ1) is 12.1. The number of urea groups is 1. The summed E-state index contributed by atoms with van der Waals surface area (Å²) in [4.78, 5) is 16.1. The first kappa shape index (κ1) is 18.5. The van der Waals surface area contributed by atoms with Gasteiger partial charge in [-0.3, -0.25) is 0 Å². The SMILES string of the molecule is O=C(Nc1ccc(Cl)c(Cl)c1)N(CCc1cccs1)C1CCOCC1. The van der Waals surface area contributed by atoms with E-state index in [2.05, 4.69) is 16.8 Å². The predicted molar refractivity (Wildman–Crippen MR) is 104 cm³/mol. The lowest BCUT2D eigenvalue weighted by molar-refractivity contribution is 0.0484. The van der Waals surface area contributed by atoms with Gasteiger partial charge in [0.1, 0.15) is 0 Å². The number of thiophene rings is 1. The van der Waals surface area contributed by atoms with Crippen molar-refractivity contribution in [2.24, 2.45) is 0 Å². The number of nitrogens with one attached hydrogen (secondary N) is 1. The van der Waals surface area contributed by atoms with Gasteiger partial charge in [0.2, 0.25) is 0 Å². The van der Waals surface area contributed by atoms with Crippen LogP contribution >= 0.6 is 34.5 Å². The Bertz CT molecular complexity index is 703. The first-order valence-electron chi connectivity index (χ1n) is 8.26. The molecule has 0 saturated carbocycles. The number of amides is 2. The summed E-state index contributed by atoms with van der Waals surface area (Å²) in [5, 5.41) is 5.90. The van der Waals surface area contributed by atoms with E-state index in [1.165, 1.54) is 4.88 Å². The average Bonchev–Trinajstić information content (AvgIpc) is 3.13. The predicted octanol–water partition coefficient (Wildman–Crippen LogP) is 5.31. The third-order valence-corrected chi connectivity index (χ3v) is 5.92. The van der Waals surface area contributed by atoms with Crippen LogP contribution in [0.5, 0.6) is 0 Å². The molecule has 1 saturated heterocycles. The standard InChI is InChI=1S/C18H20Cl2N2O2S/c19-16-4-3-13(12-17(16)20)21-18(23)22(14-6-9-24-10-7-14)8-5-15-2-1-11-25-15/h1-4,11-12,14H,5-10H2,(H,21,23). The molecule has 1 aliphatic rings. The van der Waals surface area contributed by atoms with Crippen LogP contribution in [0.25, 0.3) is 0 Å². The summed E-state index contributed by atoms with van der Waals surface area (Å²) in [6.07, 6.45) is 2.57. The molecule has 0 atom stereocenters. The number of halogens is 2. The normalized spacial score (nSPS) is 15.1. The number of ether oxygens (including phenoxy) is 1. The molecule has 0 unspecified atom stereocenters. The van der Waals surface area contributed by atoms with Crippen LogP contribution < -0.4 is 5.32 Å². The summed E-state index contributed by atoms with van der Waals surface area (Å²) in [5.74, 6) is 0. The van der Waals surface area contributed by atoms with E-state index in [0.717, 1.165) is 19.3 Å². The van der Waals surface area contributed by atoms with Crippen LogP contribution in [-0.4, -0.2) is 36.7 Å². The van der Waals surface area contributed by atoms with Crippen LogP contribution in [0.2, 0.25) is 10.0 Å². The van der Waals surface area contributed by atoms with E-state index in [9.17, 15) is 4.79 Å². The molecule has 1 aromatic carbocycles. The van der Waals surface area contributed by atoms with Crippen LogP contribution in [0.15, 0.2) is 35.7 Å². The van der Waals surface area contributed by atoms with Gasteiger partial charge in [0.15, 0.2) is 0 Å². The fourth-order valence-electron chi connectivity index (χ4n) is 2.90. The summed E-state index contributed by atoms with van der Waals surface area (Å²) in [7, 11) is 0. The smallest absolute Gasteiger partial charge is 0.322 e. The van der Waals surface area contributed by atoms with Gasteiger partial charge in [0.25, 0.3) is 0 Å². The quantitative estimate of drug-likeness (QED) is 0.740. The van der Waals surface area contributed by atoms with Crippen molar-refractivity contribution in [1.82, 2.24) is 4.90 Å². The largest absolute Gasteiger partial charge is 0.381 e. The van der Waals surface area contributed by atoms with Crippen LogP contribution in [0.3, 0.4) is 0 Å². The maximum atomic E-state index is 12.9. The van der Waals surface area contributed by atoms with Gasteiger partial charge in [-0.2, -0.15) is 0 Å². The molecule has 134 valence electrons. The van der Waals surface area contributed by atoms with E-state index in [-0.39, 0.29) is 12.1 Å². The van der Waals surface area contributed by atoms with Crippen molar-refractivity contribution in [3.05, 3.63) is 50.6 Å². The van der Waals surface area contributed by atoms with Gasteiger partial charge >= 0.3 is 6.03 Å². The Morgan fingerprint density at radius 1 is 1.24 bits per heavy atom. The van der Waals surface area contributed by atoms with Crippen molar-refractivity contribution in [3.8, 4) is 0 Å². The average molecular weight is 399 g/mol. The minimum atomic E-state index is -0.109. The van der Waals surface area contributed by atoms with Gasteiger partial charge in [-0.25, -0.2) is 4.79 Å². The van der Waals surface area contributed by atoms with Crippen molar-refractivity contribution in [2.75, 3.05) is 25.1 Å². The number of hydrogen-bond acceptors (Lipinski definition) is 3. The zero-order chi connectivity index (χ0) is 17.6. The maximum Gasteiger partial charge on any atom is 0.322 e. The Morgan fingerprint density at radius 3 is 2.72 bits per heavy atom. The van der Waals surface area contributed by atoms with Crippen molar-refractivity contribution >= 4 is 46.3 Å². The van der Waals surface area contributed by atoms with E-state index < -0.39 is 0 Å². The van der Waals surface area contributed by atoms with Crippen molar-refractivity contribution in [3.63, 3.8) is 0 Å². The summed E-state index contributed by atoms with van der Waals surface area (Å²) in [5.41, 5.74) is 0.646. The van der Waals surface area contributed by atoms with Gasteiger partial charge in [-0.05, 0) is 48.9 Å². The molecular weight excluding hydrogens is 379 g/mol. The minimum Gasteiger partial charge on any atom is -0.381 e. The number of rotatable bonds is 5. The molecular formula is C18H20Cl2N2O2S. The number of anilines is 1. The van der Waals surface area contributed by atoms with E-state index in [1.807, 2.05) is 11.0 Å². The highest BCUT2D eigenvalue weighted by Gasteiger charge is 2.26. The minimum absolute atomic E-state index is 0.109. The lowest BCUT2D eigenvalue weighted by atomic mass is 10.1. The Hall–Kier alpha value is -1.27. The molecule has 1 aliphatic heterocycles. The summed E-state index contributed by atoms with van der Waals surface area (Å²) >= 11 is 13.7. The number of carbonyl (C=O) groups excluding carboxylic acids is 1. The van der Waals surface area contributed by atoms with E-state index in [1.54, 1.807) is 29.5 Å². The van der Waals surface area contributed by atoms with E-state index >= 15 is 0 Å². The molecule has 1 aromatic heterocycles. The second kappa shape index (κ2) is 8.90. The zero-order valence-corrected chi connectivity index (χ0v) is 16.0. The molecule has 25 heavy (non-hydrogen) atoms. The fraction of sp³-hybridized carbons (Fsp3) is 0.389. The van der Waals surface area contributed by atoms with Crippen LogP contribution in [0.4, 0.5) is 10.5 Å². The van der Waals surface area contributed by atoms with Gasteiger partial charge in [-0.1, -0.05) is 29.3 Å². The highest BCUT2D eigenvalue weighted by molar-refractivity contribution is 7.09. The highest BCUT2D eigenvalue weighted by atomic mass is 35.5. The Kier molecular flexibility index (Phi) is 6.59. The molecule has 0 radical (unpaired) electrons. The summed E-state index contributed by atoms with van der Waals surface area (Å²) < 4.78 is 5.44. The highest BCUT2D eigenvalue weighted by Crippen LogP contribution is 2.26. The lowest BCUT2D eigenvalue weighted by Crippen LogP contribution is -2.46. The molecule has 1 N–H and O–H groups in total. The van der Waals surface area contributed by atoms with E-state index in [0.29, 0.717) is 35.5 Å². The third-order valence-electron chi connectivity index (χ3n) is 4.24. The lowest BCUT2D eigenvalue weighted by Gasteiger charge is -2.34. The molecule has 2 amide bonds. The number of nitrogens with zero attached hydrogens (tertiary/aromatic N) is 1.